The van der Waals surface area contributed by atoms with Crippen molar-refractivity contribution < 1.29 is 9.53 Å². The minimum Gasteiger partial charge on any atom is -0.459 e. The van der Waals surface area contributed by atoms with Crippen molar-refractivity contribution in [1.29, 1.82) is 0 Å². The number of esters is 1. The van der Waals surface area contributed by atoms with Crippen LogP contribution in [0.3, 0.4) is 0 Å². The molecule has 2 aromatic rings. The molecule has 0 aromatic heterocycles. The molecule has 104 valence electrons. The Kier molecular flexibility index (Phi) is 4.57. The Morgan fingerprint density at radius 2 is 1.40 bits per heavy atom. The number of rotatable bonds is 5. The van der Waals surface area contributed by atoms with Crippen molar-refractivity contribution in [2.45, 2.75) is 32.3 Å². The quantitative estimate of drug-likeness (QED) is 0.771. The maximum Gasteiger partial charge on any atom is 0.310 e. The van der Waals surface area contributed by atoms with Gasteiger partial charge in [-0.25, -0.2) is 0 Å². The monoisotopic (exact) mass is 268 g/mol. The van der Waals surface area contributed by atoms with Gasteiger partial charge in [-0.05, 0) is 25.0 Å². The third kappa shape index (κ3) is 4.54. The van der Waals surface area contributed by atoms with E-state index < -0.39 is 5.60 Å². The molecule has 0 unspecified atom stereocenters. The largest absolute Gasteiger partial charge is 0.459 e. The first-order valence-corrected chi connectivity index (χ1v) is 6.85. The molecule has 0 amide bonds. The molecule has 0 N–H and O–H groups in total. The third-order valence-electron chi connectivity index (χ3n) is 3.05. The fourth-order valence-corrected chi connectivity index (χ4v) is 2.23. The first-order chi connectivity index (χ1) is 9.55. The summed E-state index contributed by atoms with van der Waals surface area (Å²) < 4.78 is 5.61. The van der Waals surface area contributed by atoms with Gasteiger partial charge in [-0.1, -0.05) is 60.7 Å². The topological polar surface area (TPSA) is 26.3 Å². The highest BCUT2D eigenvalue weighted by atomic mass is 16.6. The zero-order valence-corrected chi connectivity index (χ0v) is 12.0. The molecule has 0 spiro atoms. The van der Waals surface area contributed by atoms with Crippen molar-refractivity contribution >= 4 is 5.97 Å². The minimum absolute atomic E-state index is 0.183. The lowest BCUT2D eigenvalue weighted by molar-refractivity contribution is -0.155. The Morgan fingerprint density at radius 1 is 0.900 bits per heavy atom. The molecule has 2 heteroatoms. The molecule has 0 saturated heterocycles. The van der Waals surface area contributed by atoms with Crippen molar-refractivity contribution in [3.8, 4) is 0 Å². The molecular formula is C18H20O2. The van der Waals surface area contributed by atoms with Crippen molar-refractivity contribution in [2.75, 3.05) is 0 Å². The summed E-state index contributed by atoms with van der Waals surface area (Å²) in [5, 5.41) is 0. The van der Waals surface area contributed by atoms with E-state index in [1.807, 2.05) is 74.5 Å². The molecule has 0 aliphatic carbocycles. The summed E-state index contributed by atoms with van der Waals surface area (Å²) in [5.41, 5.74) is 1.66. The second kappa shape index (κ2) is 6.38. The summed E-state index contributed by atoms with van der Waals surface area (Å²) in [7, 11) is 0. The number of carbonyl (C=O) groups excluding carboxylic acids is 1. The lowest BCUT2D eigenvalue weighted by Gasteiger charge is -2.25. The van der Waals surface area contributed by atoms with Crippen LogP contribution in [-0.2, 0) is 22.4 Å². The number of hydrogen-bond acceptors (Lipinski definition) is 2. The van der Waals surface area contributed by atoms with Crippen LogP contribution in [0.2, 0.25) is 0 Å². The number of benzene rings is 2. The van der Waals surface area contributed by atoms with Crippen molar-refractivity contribution in [1.82, 2.24) is 0 Å². The van der Waals surface area contributed by atoms with Gasteiger partial charge in [-0.15, -0.1) is 0 Å². The summed E-state index contributed by atoms with van der Waals surface area (Å²) in [6.45, 7) is 3.89. The van der Waals surface area contributed by atoms with Gasteiger partial charge in [0.15, 0.2) is 0 Å². The highest BCUT2D eigenvalue weighted by molar-refractivity contribution is 5.73. The fraction of sp³-hybridized carbons (Fsp3) is 0.278. The lowest BCUT2D eigenvalue weighted by Crippen LogP contribution is -2.31. The molecule has 20 heavy (non-hydrogen) atoms. The fourth-order valence-electron chi connectivity index (χ4n) is 2.23. The standard InChI is InChI=1S/C18H20O2/c1-18(2,14-16-11-7-4-8-12-16)20-17(19)13-15-9-5-3-6-10-15/h3-12H,13-14H2,1-2H3. The van der Waals surface area contributed by atoms with Crippen LogP contribution in [0.4, 0.5) is 0 Å². The zero-order chi connectivity index (χ0) is 14.4. The van der Waals surface area contributed by atoms with Crippen LogP contribution in [0.1, 0.15) is 25.0 Å². The Hall–Kier alpha value is -2.09. The van der Waals surface area contributed by atoms with Gasteiger partial charge in [0.2, 0.25) is 0 Å². The number of ether oxygens (including phenoxy) is 1. The summed E-state index contributed by atoms with van der Waals surface area (Å²) in [6, 6.07) is 19.7. The van der Waals surface area contributed by atoms with Crippen molar-refractivity contribution in [2.24, 2.45) is 0 Å². The Balaban J connectivity index is 1.92. The van der Waals surface area contributed by atoms with Crippen LogP contribution < -0.4 is 0 Å². The predicted molar refractivity (Wildman–Crippen MR) is 80.5 cm³/mol. The molecule has 0 aliphatic rings. The molecule has 0 aliphatic heterocycles. The maximum absolute atomic E-state index is 12.0. The molecule has 2 nitrogen and oxygen atoms in total. The molecule has 0 bridgehead atoms. The Bertz CT molecular complexity index is 544. The smallest absolute Gasteiger partial charge is 0.310 e. The summed E-state index contributed by atoms with van der Waals surface area (Å²) >= 11 is 0. The van der Waals surface area contributed by atoms with E-state index in [1.54, 1.807) is 0 Å². The van der Waals surface area contributed by atoms with Gasteiger partial charge in [0.25, 0.3) is 0 Å². The van der Waals surface area contributed by atoms with Crippen LogP contribution in [-0.4, -0.2) is 11.6 Å². The molecule has 2 rings (SSSR count). The molecule has 0 radical (unpaired) electrons. The van der Waals surface area contributed by atoms with Gasteiger partial charge in [0, 0.05) is 6.42 Å². The minimum atomic E-state index is -0.493. The average molecular weight is 268 g/mol. The predicted octanol–water partition coefficient (Wildman–Crippen LogP) is 3.79. The zero-order valence-electron chi connectivity index (χ0n) is 12.0. The molecule has 0 heterocycles. The number of carbonyl (C=O) groups is 1. The van der Waals surface area contributed by atoms with Crippen LogP contribution in [0, 0.1) is 0 Å². The van der Waals surface area contributed by atoms with E-state index >= 15 is 0 Å². The summed E-state index contributed by atoms with van der Waals surface area (Å²) in [5.74, 6) is -0.183. The normalized spacial score (nSPS) is 11.1. The number of hydrogen-bond donors (Lipinski definition) is 0. The van der Waals surface area contributed by atoms with E-state index in [2.05, 4.69) is 0 Å². The lowest BCUT2D eigenvalue weighted by atomic mass is 9.98. The summed E-state index contributed by atoms with van der Waals surface area (Å²) in [6.07, 6.45) is 1.04. The van der Waals surface area contributed by atoms with Crippen molar-refractivity contribution in [3.63, 3.8) is 0 Å². The van der Waals surface area contributed by atoms with Crippen LogP contribution in [0.15, 0.2) is 60.7 Å². The maximum atomic E-state index is 12.0. The molecule has 0 saturated carbocycles. The summed E-state index contributed by atoms with van der Waals surface area (Å²) in [4.78, 5) is 12.0. The molecule has 0 atom stereocenters. The Morgan fingerprint density at radius 3 is 1.95 bits per heavy atom. The van der Waals surface area contributed by atoms with Gasteiger partial charge in [-0.2, -0.15) is 0 Å². The highest BCUT2D eigenvalue weighted by Gasteiger charge is 2.23. The van der Waals surface area contributed by atoms with E-state index in [0.29, 0.717) is 12.8 Å². The molecule has 2 aromatic carbocycles. The molecule has 0 fully saturated rings. The van der Waals surface area contributed by atoms with Crippen molar-refractivity contribution in [3.05, 3.63) is 71.8 Å². The first-order valence-electron chi connectivity index (χ1n) is 6.85. The highest BCUT2D eigenvalue weighted by Crippen LogP contribution is 2.18. The van der Waals surface area contributed by atoms with Gasteiger partial charge >= 0.3 is 5.97 Å². The third-order valence-corrected chi connectivity index (χ3v) is 3.05. The van der Waals surface area contributed by atoms with Gasteiger partial charge in [0.1, 0.15) is 5.60 Å². The van der Waals surface area contributed by atoms with Gasteiger partial charge in [0.05, 0.1) is 6.42 Å². The first kappa shape index (κ1) is 14.3. The van der Waals surface area contributed by atoms with E-state index in [1.165, 1.54) is 5.56 Å². The molecular weight excluding hydrogens is 248 g/mol. The van der Waals surface area contributed by atoms with Crippen LogP contribution in [0.25, 0.3) is 0 Å². The van der Waals surface area contributed by atoms with Gasteiger partial charge < -0.3 is 4.74 Å². The van der Waals surface area contributed by atoms with E-state index in [9.17, 15) is 4.79 Å². The van der Waals surface area contributed by atoms with Crippen LogP contribution >= 0.6 is 0 Å². The van der Waals surface area contributed by atoms with E-state index in [-0.39, 0.29) is 5.97 Å². The van der Waals surface area contributed by atoms with E-state index in [0.717, 1.165) is 5.56 Å². The van der Waals surface area contributed by atoms with Gasteiger partial charge in [-0.3, -0.25) is 4.79 Å². The SMILES string of the molecule is CC(C)(Cc1ccccc1)OC(=O)Cc1ccccc1. The second-order valence-electron chi connectivity index (χ2n) is 5.56. The van der Waals surface area contributed by atoms with Crippen LogP contribution in [0.5, 0.6) is 0 Å². The van der Waals surface area contributed by atoms with E-state index in [4.69, 9.17) is 4.74 Å². The Labute approximate surface area is 120 Å². The average Bonchev–Trinajstić information content (AvgIpc) is 2.39. The second-order valence-corrected chi connectivity index (χ2v) is 5.56.